The van der Waals surface area contributed by atoms with Crippen molar-refractivity contribution in [1.29, 1.82) is 0 Å². The minimum atomic E-state index is -1.80. The largest absolute Gasteiger partial charge is 0.388 e. The van der Waals surface area contributed by atoms with Crippen molar-refractivity contribution in [3.8, 4) is 0 Å². The van der Waals surface area contributed by atoms with Gasteiger partial charge in [0.1, 0.15) is 110 Å². The summed E-state index contributed by atoms with van der Waals surface area (Å²) in [5.41, 5.74) is 0. The van der Waals surface area contributed by atoms with E-state index in [1.54, 1.807) is 55.4 Å². The molecule has 9 aliphatic heterocycles. The van der Waals surface area contributed by atoms with Crippen molar-refractivity contribution in [3.63, 3.8) is 0 Å². The van der Waals surface area contributed by atoms with Crippen molar-refractivity contribution < 1.29 is 137 Å². The van der Waals surface area contributed by atoms with Crippen LogP contribution in [0.4, 0.5) is 0 Å². The fourth-order valence-corrected chi connectivity index (χ4v) is 20.8. The molecule has 9 fully saturated rings. The molecule has 0 saturated carbocycles. The normalized spacial score (nSPS) is 42.6. The topological polar surface area (TPSA) is 488 Å². The van der Waals surface area contributed by atoms with Crippen LogP contribution < -0.4 is 47.9 Å². The number of hydrogen-bond donors (Lipinski definition) is 20. The number of aliphatic hydroxyl groups is 11. The van der Waals surface area contributed by atoms with Crippen molar-refractivity contribution in [1.82, 2.24) is 47.9 Å². The molecule has 136 heavy (non-hydrogen) atoms. The number of unbranched alkanes of at least 4 members (excludes halogenated alkanes) is 18. The summed E-state index contributed by atoms with van der Waals surface area (Å²) in [5, 5.41) is 172. The summed E-state index contributed by atoms with van der Waals surface area (Å²) < 4.78 is 118. The molecule has 0 aromatic heterocycles. The molecular weight excluding hydrogens is 1760 g/mol. The van der Waals surface area contributed by atoms with Gasteiger partial charge in [-0.3, -0.25) is 0 Å². The zero-order valence-corrected chi connectivity index (χ0v) is 85.8. The van der Waals surface area contributed by atoms with Crippen molar-refractivity contribution in [2.75, 3.05) is 58.9 Å². The smallest absolute Gasteiger partial charge is 0.187 e. The van der Waals surface area contributed by atoms with Crippen LogP contribution in [-0.4, -0.2) is 391 Å². The van der Waals surface area contributed by atoms with Crippen molar-refractivity contribution in [2.24, 2.45) is 0 Å². The van der Waals surface area contributed by atoms with Gasteiger partial charge in [-0.15, -0.1) is 0 Å². The number of rotatable bonds is 61. The van der Waals surface area contributed by atoms with Gasteiger partial charge in [-0.2, -0.15) is 0 Å². The molecule has 37 nitrogen and oxygen atoms in total. The Morgan fingerprint density at radius 1 is 0.162 bits per heavy atom. The van der Waals surface area contributed by atoms with Gasteiger partial charge < -0.3 is 185 Å². The average Bonchev–Trinajstić information content (AvgIpc) is 0.742. The summed E-state index contributed by atoms with van der Waals surface area (Å²) in [6.07, 6.45) is -24.6. The molecule has 37 heteroatoms. The Morgan fingerprint density at radius 3 is 0.537 bits per heavy atom. The lowest BCUT2D eigenvalue weighted by molar-refractivity contribution is -0.402. The molecule has 0 spiro atoms. The van der Waals surface area contributed by atoms with Crippen molar-refractivity contribution in [2.45, 2.75) is 574 Å². The van der Waals surface area contributed by atoms with Gasteiger partial charge in [0.05, 0.1) is 109 Å². The maximum atomic E-state index is 13.7. The second kappa shape index (κ2) is 61.3. The highest BCUT2D eigenvalue weighted by Crippen LogP contribution is 2.42. The molecule has 0 amide bonds. The third-order valence-corrected chi connectivity index (χ3v) is 29.3. The van der Waals surface area contributed by atoms with Crippen molar-refractivity contribution in [3.05, 3.63) is 0 Å². The molecule has 20 N–H and O–H groups in total. The van der Waals surface area contributed by atoms with E-state index in [4.69, 9.17) is 80.5 Å². The third kappa shape index (κ3) is 32.8. The monoisotopic (exact) mass is 1950 g/mol. The highest BCUT2D eigenvalue weighted by atomic mass is 16.8. The quantitative estimate of drug-likeness (QED) is 0.0367. The maximum absolute atomic E-state index is 13.7. The first-order chi connectivity index (χ1) is 65.5. The van der Waals surface area contributed by atoms with Crippen LogP contribution in [-0.2, 0) is 80.5 Å². The van der Waals surface area contributed by atoms with Crippen LogP contribution in [0.5, 0.6) is 0 Å². The van der Waals surface area contributed by atoms with Gasteiger partial charge in [0.2, 0.25) is 0 Å². The molecule has 0 unspecified atom stereocenters. The molecule has 800 valence electrons. The Bertz CT molecular complexity index is 3150. The summed E-state index contributed by atoms with van der Waals surface area (Å²) in [6, 6.07) is -7.00. The lowest BCUT2D eigenvalue weighted by atomic mass is 9.93. The third-order valence-electron chi connectivity index (χ3n) is 29.3. The van der Waals surface area contributed by atoms with Crippen LogP contribution in [0.1, 0.15) is 298 Å². The van der Waals surface area contributed by atoms with Gasteiger partial charge in [0.15, 0.2) is 56.6 Å². The summed E-state index contributed by atoms with van der Waals surface area (Å²) >= 11 is 0. The van der Waals surface area contributed by atoms with Gasteiger partial charge in [-0.1, -0.05) is 178 Å². The molecule has 9 rings (SSSR count). The van der Waals surface area contributed by atoms with E-state index < -0.39 is 276 Å². The fourth-order valence-electron chi connectivity index (χ4n) is 20.8. The predicted molar refractivity (Wildman–Crippen MR) is 512 cm³/mol. The molecule has 0 bridgehead atoms. The lowest BCUT2D eigenvalue weighted by Crippen LogP contribution is -2.71. The highest BCUT2D eigenvalue weighted by molar-refractivity contribution is 5.06. The Balaban J connectivity index is 1.10. The van der Waals surface area contributed by atoms with Gasteiger partial charge in [-0.05, 0) is 179 Å². The molecule has 45 atom stereocenters. The highest BCUT2D eigenvalue weighted by Gasteiger charge is 2.61. The average molecular weight is 1960 g/mol. The Labute approximate surface area is 813 Å². The lowest BCUT2D eigenvalue weighted by Gasteiger charge is -2.52. The van der Waals surface area contributed by atoms with E-state index in [0.29, 0.717) is 58.9 Å². The zero-order chi connectivity index (χ0) is 98.8. The van der Waals surface area contributed by atoms with E-state index in [1.807, 2.05) is 6.92 Å². The maximum Gasteiger partial charge on any atom is 0.187 e. The first kappa shape index (κ1) is 118. The number of hydrogen-bond acceptors (Lipinski definition) is 37. The van der Waals surface area contributed by atoms with Crippen LogP contribution >= 0.6 is 0 Å². The van der Waals surface area contributed by atoms with E-state index in [1.165, 1.54) is 0 Å². The molecular formula is C99H191N9O28. The summed E-state index contributed by atoms with van der Waals surface area (Å²) in [4.78, 5) is 0. The molecule has 0 aliphatic carbocycles. The molecule has 9 saturated heterocycles. The number of ether oxygens (including phenoxy) is 17. The van der Waals surface area contributed by atoms with Gasteiger partial charge in [0.25, 0.3) is 0 Å². The van der Waals surface area contributed by atoms with Crippen LogP contribution in [0.3, 0.4) is 0 Å². The van der Waals surface area contributed by atoms with Crippen molar-refractivity contribution >= 4 is 0 Å². The minimum Gasteiger partial charge on any atom is -0.388 e. The van der Waals surface area contributed by atoms with Gasteiger partial charge in [0, 0.05) is 0 Å². The number of aliphatic hydroxyl groups excluding tert-OH is 11. The van der Waals surface area contributed by atoms with Gasteiger partial charge in [-0.25, -0.2) is 0 Å². The van der Waals surface area contributed by atoms with E-state index in [2.05, 4.69) is 110 Å². The Morgan fingerprint density at radius 2 is 0.316 bits per heavy atom. The Kier molecular flexibility index (Phi) is 53.2. The van der Waals surface area contributed by atoms with Crippen LogP contribution in [0.2, 0.25) is 0 Å². The fraction of sp³-hybridized carbons (Fsp3) is 1.00. The van der Waals surface area contributed by atoms with Gasteiger partial charge >= 0.3 is 0 Å². The second-order valence-electron chi connectivity index (χ2n) is 40.3. The predicted octanol–water partition coefficient (Wildman–Crippen LogP) is 4.71. The standard InChI is InChI=1S/C99H191N9O28/c1-19-28-37-46-100-64-56(11)121-92(81(117)73(64)109)131-85-75(111)66(102-48-39-30-21-3)59(14)125-96(85)135-89-79(115)70(106-52-43-34-25-7)61(16)127-98(89)133-87-77(113)68(104-50-41-32-23-5)57(12)123-94(87)129-83-72(108-54-45-36-27-9)63(18)122-93(82(83)118)132-86-76(112)67(103-49-40-31-22-4)60(15)126-97(86)136-90-80(116)71(107-53-44-35-26-8)62(17)128-99(90)134-88-78(114)69(105-51-42-33-24-6)58(13)124-95(88)130-84-74(110)65(55(10)120-91(84)119)101-47-38-29-20-2/h55-119H,19-54H2,1-18H3/t55-,56-,57-,58-,59-,60-,61-,62-,63-,64-,65-,66-,67-,68-,69-,70-,71-,72-,73+,74+,75+,76+,77+,78+,79+,80+,81+,82+,83+,84+,85+,86+,87+,88+,89+,90+,91+,92-,93-,94-,95-,96-,97-,98-,99-/m1/s1. The number of nitrogens with one attached hydrogen (secondary N) is 9. The Hall–Kier alpha value is -1.48. The molecule has 0 radical (unpaired) electrons. The van der Waals surface area contributed by atoms with Crippen LogP contribution in [0, 0.1) is 0 Å². The summed E-state index contributed by atoms with van der Waals surface area (Å²) in [5.74, 6) is 0. The minimum absolute atomic E-state index is 0.438. The van der Waals surface area contributed by atoms with E-state index >= 15 is 0 Å². The second-order valence-corrected chi connectivity index (χ2v) is 40.3. The van der Waals surface area contributed by atoms with E-state index in [0.717, 1.165) is 173 Å². The van der Waals surface area contributed by atoms with E-state index in [-0.39, 0.29) is 0 Å². The molecule has 9 aliphatic rings. The molecule has 0 aromatic rings. The van der Waals surface area contributed by atoms with Crippen LogP contribution in [0.15, 0.2) is 0 Å². The zero-order valence-electron chi connectivity index (χ0n) is 85.8. The van der Waals surface area contributed by atoms with E-state index in [9.17, 15) is 56.2 Å². The first-order valence-electron chi connectivity index (χ1n) is 53.7. The SMILES string of the molecule is CCCCCN[C@H]1[C@H](O)[C@H](O)[C@@H](O[C@@H]2[C@@H](O[C@@H]3[C@@H](O[C@@H]4[C@@H](O[C@@H]5[C@H](O)[C@@H](O[C@@H]6[C@@H](O[C@@H]7[C@@H](O[C@@H]8[C@@H](O[C@H]9[C@@H](O)[C@H](NCCCCC)[C@@H](C)O[C@@H]9O)O[C@H](C)[C@@H](NCCCCC)[C@@H]8O)O[C@H](C)[C@@H](NCCCCC)[C@@H]7O)O[C@H](C)[C@@H](NCCCCC)[C@@H]6O)O[C@H](C)[C@H]5NCCCCC)O[C@H](C)[C@@H](NCCCCC)[C@@H]4O)O[C@H](C)[C@@H](NCCCCC)[C@@H]3O)O[C@H](C)[C@@H](NCCCCC)[C@@H]2O)O[C@@H]1C. The molecule has 9 heterocycles. The summed E-state index contributed by atoms with van der Waals surface area (Å²) in [6.45, 7) is 39.6. The van der Waals surface area contributed by atoms with Crippen LogP contribution in [0.25, 0.3) is 0 Å². The first-order valence-corrected chi connectivity index (χ1v) is 53.7. The summed E-state index contributed by atoms with van der Waals surface area (Å²) in [7, 11) is 0. The molecule has 0 aromatic carbocycles.